The van der Waals surface area contributed by atoms with E-state index in [-0.39, 0.29) is 16.5 Å². The molecule has 0 aliphatic carbocycles. The minimum atomic E-state index is -0.538. The number of rotatable bonds is 3. The summed E-state index contributed by atoms with van der Waals surface area (Å²) in [7, 11) is 1.28. The third kappa shape index (κ3) is 3.00. The first kappa shape index (κ1) is 14.6. The number of amides is 1. The van der Waals surface area contributed by atoms with E-state index in [4.69, 9.17) is 11.6 Å². The standard InChI is InChI=1S/C14H15ClN2O3/c1-8(9-6-16-7-9)13(18)17-10-3-4-12(15)11(5-10)14(19)20-2/h3-5,16H,6-7H2,1-2H3,(H,17,18). The normalized spacial score (nSPS) is 13.4. The highest BCUT2D eigenvalue weighted by Crippen LogP contribution is 2.22. The first-order chi connectivity index (χ1) is 9.52. The van der Waals surface area contributed by atoms with E-state index in [1.165, 1.54) is 13.2 Å². The Hall–Kier alpha value is -1.85. The highest BCUT2D eigenvalue weighted by molar-refractivity contribution is 6.33. The van der Waals surface area contributed by atoms with Gasteiger partial charge in [-0.2, -0.15) is 0 Å². The maximum atomic E-state index is 12.0. The molecule has 1 saturated heterocycles. The number of methoxy groups -OCH3 is 1. The van der Waals surface area contributed by atoms with E-state index in [9.17, 15) is 9.59 Å². The first-order valence-corrected chi connectivity index (χ1v) is 6.49. The van der Waals surface area contributed by atoms with E-state index in [0.717, 1.165) is 18.7 Å². The van der Waals surface area contributed by atoms with Crippen LogP contribution in [0.15, 0.2) is 29.3 Å². The lowest BCUT2D eigenvalue weighted by Gasteiger charge is -2.21. The van der Waals surface area contributed by atoms with Crippen LogP contribution in [0.2, 0.25) is 5.02 Å². The van der Waals surface area contributed by atoms with Gasteiger partial charge in [-0.25, -0.2) is 4.79 Å². The molecule has 1 aromatic carbocycles. The molecule has 0 spiro atoms. The van der Waals surface area contributed by atoms with Crippen molar-refractivity contribution in [3.8, 4) is 0 Å². The molecule has 1 aliphatic heterocycles. The number of benzene rings is 1. The molecule has 1 fully saturated rings. The number of ether oxygens (including phenoxy) is 1. The van der Waals surface area contributed by atoms with Crippen LogP contribution in [-0.4, -0.2) is 32.1 Å². The zero-order valence-electron chi connectivity index (χ0n) is 11.2. The molecule has 2 N–H and O–H groups in total. The Morgan fingerprint density at radius 3 is 2.60 bits per heavy atom. The second-order valence-corrected chi connectivity index (χ2v) is 4.88. The molecule has 0 atom stereocenters. The van der Waals surface area contributed by atoms with Gasteiger partial charge in [-0.05, 0) is 30.7 Å². The average Bonchev–Trinajstić information content (AvgIpc) is 2.38. The van der Waals surface area contributed by atoms with Crippen LogP contribution in [0.4, 0.5) is 5.69 Å². The van der Waals surface area contributed by atoms with Gasteiger partial charge in [0.1, 0.15) is 0 Å². The van der Waals surface area contributed by atoms with Crippen molar-refractivity contribution in [1.29, 1.82) is 0 Å². The zero-order chi connectivity index (χ0) is 14.7. The summed E-state index contributed by atoms with van der Waals surface area (Å²) in [5.74, 6) is -0.719. The van der Waals surface area contributed by atoms with Crippen molar-refractivity contribution in [2.75, 3.05) is 25.5 Å². The molecule has 6 heteroatoms. The molecule has 106 valence electrons. The first-order valence-electron chi connectivity index (χ1n) is 6.11. The number of anilines is 1. The molecular weight excluding hydrogens is 280 g/mol. The van der Waals surface area contributed by atoms with E-state index in [1.807, 2.05) is 0 Å². The molecule has 20 heavy (non-hydrogen) atoms. The predicted molar refractivity (Wildman–Crippen MR) is 77.0 cm³/mol. The maximum absolute atomic E-state index is 12.0. The van der Waals surface area contributed by atoms with E-state index in [1.54, 1.807) is 19.1 Å². The highest BCUT2D eigenvalue weighted by Gasteiger charge is 2.17. The largest absolute Gasteiger partial charge is 0.465 e. The summed E-state index contributed by atoms with van der Waals surface area (Å²) < 4.78 is 4.64. The Balaban J connectivity index is 2.18. The van der Waals surface area contributed by atoms with Crippen LogP contribution in [0.25, 0.3) is 0 Å². The van der Waals surface area contributed by atoms with Crippen LogP contribution in [0.3, 0.4) is 0 Å². The number of nitrogens with one attached hydrogen (secondary N) is 2. The van der Waals surface area contributed by atoms with Crippen molar-refractivity contribution in [3.05, 3.63) is 39.9 Å². The molecule has 5 nitrogen and oxygen atoms in total. The number of hydrogen-bond donors (Lipinski definition) is 2. The Labute approximate surface area is 121 Å². The van der Waals surface area contributed by atoms with Crippen LogP contribution in [0.1, 0.15) is 17.3 Å². The van der Waals surface area contributed by atoms with Crippen LogP contribution < -0.4 is 10.6 Å². The fourth-order valence-corrected chi connectivity index (χ4v) is 1.96. The number of hydrogen-bond acceptors (Lipinski definition) is 4. The number of halogens is 1. The van der Waals surface area contributed by atoms with Crippen molar-refractivity contribution < 1.29 is 14.3 Å². The van der Waals surface area contributed by atoms with E-state index >= 15 is 0 Å². The monoisotopic (exact) mass is 294 g/mol. The molecule has 0 aromatic heterocycles. The van der Waals surface area contributed by atoms with Crippen molar-refractivity contribution in [1.82, 2.24) is 5.32 Å². The van der Waals surface area contributed by atoms with Gasteiger partial charge in [0.2, 0.25) is 0 Å². The van der Waals surface area contributed by atoms with Crippen LogP contribution >= 0.6 is 11.6 Å². The molecular formula is C14H15ClN2O3. The quantitative estimate of drug-likeness (QED) is 0.661. The van der Waals surface area contributed by atoms with Gasteiger partial charge in [0, 0.05) is 24.4 Å². The molecule has 0 radical (unpaired) electrons. The summed E-state index contributed by atoms with van der Waals surface area (Å²) in [6, 6.07) is 4.70. The predicted octanol–water partition coefficient (Wildman–Crippen LogP) is 1.98. The summed E-state index contributed by atoms with van der Waals surface area (Å²) in [5.41, 5.74) is 2.51. The summed E-state index contributed by atoms with van der Waals surface area (Å²) in [6.45, 7) is 3.27. The molecule has 0 unspecified atom stereocenters. The lowest BCUT2D eigenvalue weighted by Crippen LogP contribution is -2.36. The molecule has 1 aliphatic rings. The summed E-state index contributed by atoms with van der Waals surface area (Å²) in [4.78, 5) is 23.6. The minimum absolute atomic E-state index is 0.181. The molecule has 1 heterocycles. The highest BCUT2D eigenvalue weighted by atomic mass is 35.5. The maximum Gasteiger partial charge on any atom is 0.339 e. The number of carbonyl (C=O) groups is 2. The van der Waals surface area contributed by atoms with Crippen LogP contribution in [-0.2, 0) is 9.53 Å². The topological polar surface area (TPSA) is 67.4 Å². The van der Waals surface area contributed by atoms with Gasteiger partial charge in [-0.15, -0.1) is 0 Å². The second-order valence-electron chi connectivity index (χ2n) is 4.47. The summed E-state index contributed by atoms with van der Waals surface area (Å²) in [6.07, 6.45) is 0. The van der Waals surface area contributed by atoms with E-state index in [0.29, 0.717) is 11.3 Å². The third-order valence-corrected chi connectivity index (χ3v) is 3.51. The van der Waals surface area contributed by atoms with Gasteiger partial charge < -0.3 is 15.4 Å². The van der Waals surface area contributed by atoms with Gasteiger partial charge in [0.25, 0.3) is 5.91 Å². The lowest BCUT2D eigenvalue weighted by atomic mass is 10.0. The van der Waals surface area contributed by atoms with Crippen molar-refractivity contribution in [2.45, 2.75) is 6.92 Å². The van der Waals surface area contributed by atoms with Crippen molar-refractivity contribution >= 4 is 29.2 Å². The Morgan fingerprint density at radius 2 is 2.05 bits per heavy atom. The van der Waals surface area contributed by atoms with Crippen molar-refractivity contribution in [3.63, 3.8) is 0 Å². The smallest absolute Gasteiger partial charge is 0.339 e. The summed E-state index contributed by atoms with van der Waals surface area (Å²) >= 11 is 5.92. The number of carbonyl (C=O) groups excluding carboxylic acids is 2. The molecule has 0 bridgehead atoms. The van der Waals surface area contributed by atoms with Gasteiger partial charge in [0.15, 0.2) is 0 Å². The second kappa shape index (κ2) is 6.07. The van der Waals surface area contributed by atoms with Gasteiger partial charge >= 0.3 is 5.97 Å². The lowest BCUT2D eigenvalue weighted by molar-refractivity contribution is -0.112. The fraction of sp³-hybridized carbons (Fsp3) is 0.286. The van der Waals surface area contributed by atoms with Gasteiger partial charge in [0.05, 0.1) is 17.7 Å². The minimum Gasteiger partial charge on any atom is -0.465 e. The Bertz CT molecular complexity index is 590. The Morgan fingerprint density at radius 1 is 1.35 bits per heavy atom. The Kier molecular flexibility index (Phi) is 4.42. The zero-order valence-corrected chi connectivity index (χ0v) is 12.0. The molecule has 2 rings (SSSR count). The average molecular weight is 295 g/mol. The molecule has 1 aromatic rings. The van der Waals surface area contributed by atoms with Gasteiger partial charge in [-0.1, -0.05) is 11.6 Å². The third-order valence-electron chi connectivity index (χ3n) is 3.18. The molecule has 0 saturated carbocycles. The van der Waals surface area contributed by atoms with Gasteiger partial charge in [-0.3, -0.25) is 4.79 Å². The van der Waals surface area contributed by atoms with E-state index in [2.05, 4.69) is 15.4 Å². The van der Waals surface area contributed by atoms with E-state index < -0.39 is 5.97 Å². The fourth-order valence-electron chi connectivity index (χ4n) is 1.77. The van der Waals surface area contributed by atoms with Crippen LogP contribution in [0, 0.1) is 0 Å². The number of esters is 1. The molecule has 1 amide bonds. The summed E-state index contributed by atoms with van der Waals surface area (Å²) in [5, 5.41) is 6.12. The van der Waals surface area contributed by atoms with Crippen LogP contribution in [0.5, 0.6) is 0 Å². The van der Waals surface area contributed by atoms with Crippen molar-refractivity contribution in [2.24, 2.45) is 0 Å². The SMILES string of the molecule is COC(=O)c1cc(NC(=O)C(C)=C2CNC2)ccc1Cl.